The predicted octanol–water partition coefficient (Wildman–Crippen LogP) is 3.62. The molecule has 3 N–H and O–H groups in total. The molecule has 0 unspecified atom stereocenters. The lowest BCUT2D eigenvalue weighted by molar-refractivity contribution is -0.138. The molecule has 1 aromatic carbocycles. The lowest BCUT2D eigenvalue weighted by atomic mass is 10.0. The smallest absolute Gasteiger partial charge is 0.343 e. The minimum absolute atomic E-state index is 0.0697. The van der Waals surface area contributed by atoms with Crippen LogP contribution in [0, 0.1) is 23.3 Å². The highest BCUT2D eigenvalue weighted by Gasteiger charge is 2.28. The number of aromatic nitrogens is 1. The number of pyridine rings is 1. The molecule has 11 heteroatoms. The van der Waals surface area contributed by atoms with Gasteiger partial charge in [0.25, 0.3) is 0 Å². The van der Waals surface area contributed by atoms with Crippen LogP contribution in [0.2, 0.25) is 5.02 Å². The molecule has 1 heterocycles. The van der Waals surface area contributed by atoms with Crippen molar-refractivity contribution in [3.63, 3.8) is 0 Å². The Morgan fingerprint density at radius 3 is 2.54 bits per heavy atom. The van der Waals surface area contributed by atoms with Gasteiger partial charge in [-0.2, -0.15) is 0 Å². The number of ketones is 1. The maximum atomic E-state index is 14.1. The zero-order valence-corrected chi connectivity index (χ0v) is 14.9. The van der Waals surface area contributed by atoms with E-state index in [2.05, 4.69) is 10.3 Å². The monoisotopic (exact) mass is 417 g/mol. The van der Waals surface area contributed by atoms with Gasteiger partial charge in [0, 0.05) is 12.3 Å². The fraction of sp³-hybridized carbons (Fsp3) is 0.118. The van der Waals surface area contributed by atoms with Crippen LogP contribution in [0.25, 0.3) is 0 Å². The molecule has 0 amide bonds. The highest BCUT2D eigenvalue weighted by molar-refractivity contribution is 6.32. The van der Waals surface area contributed by atoms with Crippen LogP contribution in [-0.4, -0.2) is 23.3 Å². The number of esters is 1. The van der Waals surface area contributed by atoms with Crippen molar-refractivity contribution >= 4 is 34.9 Å². The van der Waals surface area contributed by atoms with E-state index in [1.807, 2.05) is 0 Å². The molecule has 1 aromatic heterocycles. The molecule has 0 bridgehead atoms. The van der Waals surface area contributed by atoms with Crippen LogP contribution in [0.5, 0.6) is 0 Å². The van der Waals surface area contributed by atoms with Crippen LogP contribution in [0.4, 0.5) is 29.1 Å². The Balaban J connectivity index is 2.50. The first-order valence-corrected chi connectivity index (χ1v) is 7.97. The van der Waals surface area contributed by atoms with Gasteiger partial charge in [-0.1, -0.05) is 11.6 Å². The summed E-state index contributed by atoms with van der Waals surface area (Å²) in [5.41, 5.74) is 3.33. The molecule has 0 saturated heterocycles. The summed E-state index contributed by atoms with van der Waals surface area (Å²) in [4.78, 5) is 28.1. The SMILES string of the molecule is CCOC(=O)/C(=C/Nc1cc(N)ncc1F)C(=O)c1cc(F)c(F)c(Cl)c1F. The number of hydrogen-bond donors (Lipinski definition) is 2. The average Bonchev–Trinajstić information content (AvgIpc) is 2.65. The highest BCUT2D eigenvalue weighted by Crippen LogP contribution is 2.27. The predicted molar refractivity (Wildman–Crippen MR) is 92.6 cm³/mol. The molecule has 2 aromatic rings. The fourth-order valence-corrected chi connectivity index (χ4v) is 2.22. The van der Waals surface area contributed by atoms with Crippen LogP contribution in [-0.2, 0) is 9.53 Å². The van der Waals surface area contributed by atoms with Gasteiger partial charge < -0.3 is 15.8 Å². The number of rotatable bonds is 6. The van der Waals surface area contributed by atoms with Gasteiger partial charge in [-0.3, -0.25) is 4.79 Å². The fourth-order valence-electron chi connectivity index (χ4n) is 2.02. The lowest BCUT2D eigenvalue weighted by Gasteiger charge is -2.10. The standard InChI is InChI=1S/C17H12ClF4N3O3/c1-2-28-17(27)8(5-24-11-4-12(23)25-6-10(11)20)16(26)7-3-9(19)15(22)13(18)14(7)21/h3-6H,2H2,1H3,(H3,23,24,25)/b8-5+. The van der Waals surface area contributed by atoms with E-state index in [9.17, 15) is 27.2 Å². The van der Waals surface area contributed by atoms with Gasteiger partial charge in [0.2, 0.25) is 5.78 Å². The third kappa shape index (κ3) is 4.39. The highest BCUT2D eigenvalue weighted by atomic mass is 35.5. The first kappa shape index (κ1) is 21.2. The summed E-state index contributed by atoms with van der Waals surface area (Å²) in [6.07, 6.45) is 1.50. The van der Waals surface area contributed by atoms with E-state index in [1.165, 1.54) is 6.92 Å². The Bertz CT molecular complexity index is 983. The van der Waals surface area contributed by atoms with Gasteiger partial charge in [0.05, 0.1) is 24.1 Å². The largest absolute Gasteiger partial charge is 0.462 e. The minimum Gasteiger partial charge on any atom is -0.462 e. The number of carbonyl (C=O) groups is 2. The number of anilines is 2. The molecule has 0 radical (unpaired) electrons. The van der Waals surface area contributed by atoms with E-state index in [0.29, 0.717) is 6.20 Å². The number of nitrogens with one attached hydrogen (secondary N) is 1. The van der Waals surface area contributed by atoms with Gasteiger partial charge in [0.1, 0.15) is 16.4 Å². The van der Waals surface area contributed by atoms with Crippen LogP contribution < -0.4 is 11.1 Å². The first-order chi connectivity index (χ1) is 13.2. The second-order valence-electron chi connectivity index (χ2n) is 5.19. The zero-order valence-electron chi connectivity index (χ0n) is 14.2. The van der Waals surface area contributed by atoms with E-state index in [4.69, 9.17) is 22.1 Å². The summed E-state index contributed by atoms with van der Waals surface area (Å²) in [7, 11) is 0. The Hall–Kier alpha value is -3.14. The maximum Gasteiger partial charge on any atom is 0.343 e. The van der Waals surface area contributed by atoms with Gasteiger partial charge in [-0.25, -0.2) is 27.3 Å². The van der Waals surface area contributed by atoms with E-state index in [-0.39, 0.29) is 24.2 Å². The molecule has 0 aliphatic heterocycles. The second kappa shape index (κ2) is 8.70. The van der Waals surface area contributed by atoms with Crippen molar-refractivity contribution in [3.05, 3.63) is 64.0 Å². The van der Waals surface area contributed by atoms with Crippen molar-refractivity contribution < 1.29 is 31.9 Å². The quantitative estimate of drug-likeness (QED) is 0.109. The summed E-state index contributed by atoms with van der Waals surface area (Å²) < 4.78 is 59.4. The summed E-state index contributed by atoms with van der Waals surface area (Å²) in [6, 6.07) is 1.31. The molecular weight excluding hydrogens is 406 g/mol. The summed E-state index contributed by atoms with van der Waals surface area (Å²) in [6.45, 7) is 1.28. The summed E-state index contributed by atoms with van der Waals surface area (Å²) >= 11 is 5.32. The minimum atomic E-state index is -1.69. The Kier molecular flexibility index (Phi) is 6.57. The lowest BCUT2D eigenvalue weighted by Crippen LogP contribution is -2.19. The van der Waals surface area contributed by atoms with Crippen molar-refractivity contribution in [2.24, 2.45) is 0 Å². The van der Waals surface area contributed by atoms with Crippen LogP contribution in [0.15, 0.2) is 30.1 Å². The van der Waals surface area contributed by atoms with Crippen molar-refractivity contribution in [1.29, 1.82) is 0 Å². The number of nitrogens with zero attached hydrogens (tertiary/aromatic N) is 1. The average molecular weight is 418 g/mol. The van der Waals surface area contributed by atoms with Gasteiger partial charge in [0.15, 0.2) is 23.3 Å². The molecule has 148 valence electrons. The van der Waals surface area contributed by atoms with E-state index < -0.39 is 51.2 Å². The molecule has 0 saturated carbocycles. The molecule has 0 atom stereocenters. The number of nitrogens with two attached hydrogens (primary N) is 1. The molecule has 6 nitrogen and oxygen atoms in total. The number of hydrogen-bond acceptors (Lipinski definition) is 6. The Morgan fingerprint density at radius 2 is 1.89 bits per heavy atom. The Morgan fingerprint density at radius 1 is 1.21 bits per heavy atom. The number of carbonyl (C=O) groups excluding carboxylic acids is 2. The zero-order chi connectivity index (χ0) is 21.0. The van der Waals surface area contributed by atoms with Crippen molar-refractivity contribution in [1.82, 2.24) is 4.98 Å². The summed E-state index contributed by atoms with van der Waals surface area (Å²) in [5, 5.41) is 1.04. The normalized spacial score (nSPS) is 11.3. The van der Waals surface area contributed by atoms with Gasteiger partial charge in [-0.15, -0.1) is 0 Å². The third-order valence-corrected chi connectivity index (χ3v) is 3.67. The third-order valence-electron chi connectivity index (χ3n) is 3.34. The van der Waals surface area contributed by atoms with Crippen LogP contribution in [0.3, 0.4) is 0 Å². The first-order valence-electron chi connectivity index (χ1n) is 7.59. The second-order valence-corrected chi connectivity index (χ2v) is 5.57. The van der Waals surface area contributed by atoms with E-state index in [1.54, 1.807) is 0 Å². The molecule has 0 spiro atoms. The van der Waals surface area contributed by atoms with E-state index in [0.717, 1.165) is 12.3 Å². The number of nitrogen functional groups attached to an aromatic ring is 1. The molecule has 0 aliphatic carbocycles. The van der Waals surface area contributed by atoms with Crippen molar-refractivity contribution in [2.75, 3.05) is 17.7 Å². The molecule has 0 fully saturated rings. The molecule has 2 rings (SSSR count). The Labute approximate surface area is 160 Å². The van der Waals surface area contributed by atoms with Crippen LogP contribution in [0.1, 0.15) is 17.3 Å². The molecule has 0 aliphatic rings. The maximum absolute atomic E-state index is 14.1. The molecular formula is C17H12ClF4N3O3. The van der Waals surface area contributed by atoms with E-state index >= 15 is 0 Å². The van der Waals surface area contributed by atoms with Crippen molar-refractivity contribution in [3.8, 4) is 0 Å². The van der Waals surface area contributed by atoms with Crippen molar-refractivity contribution in [2.45, 2.75) is 6.92 Å². The number of halogens is 5. The summed E-state index contributed by atoms with van der Waals surface area (Å²) in [5.74, 6) is -8.39. The van der Waals surface area contributed by atoms with Crippen LogP contribution >= 0.6 is 11.6 Å². The number of ether oxygens (including phenoxy) is 1. The number of Topliss-reactive ketones (excluding diaryl/α,β-unsaturated/α-hetero) is 1. The number of benzene rings is 1. The van der Waals surface area contributed by atoms with Gasteiger partial charge >= 0.3 is 5.97 Å². The van der Waals surface area contributed by atoms with Gasteiger partial charge in [-0.05, 0) is 13.0 Å². The topological polar surface area (TPSA) is 94.3 Å². The molecule has 28 heavy (non-hydrogen) atoms.